The fourth-order valence-corrected chi connectivity index (χ4v) is 5.54. The van der Waals surface area contributed by atoms with Crippen molar-refractivity contribution in [1.82, 2.24) is 0 Å². The molecule has 1 aromatic heterocycles. The second kappa shape index (κ2) is 7.21. The first-order chi connectivity index (χ1) is 12.3. The van der Waals surface area contributed by atoms with E-state index in [-0.39, 0.29) is 11.8 Å². The maximum atomic E-state index is 12.9. The SMILES string of the molecule is CC(C)(CCl)C(=O)Nc1ccc2c(c1)CCCN2S(=O)(=O)c1cccs1. The molecule has 1 aromatic carbocycles. The van der Waals surface area contributed by atoms with Gasteiger partial charge in [-0.1, -0.05) is 6.07 Å². The number of carbonyl (C=O) groups is 1. The molecule has 2 aromatic rings. The predicted molar refractivity (Wildman–Crippen MR) is 107 cm³/mol. The number of nitrogens with zero attached hydrogens (tertiary/aromatic N) is 1. The summed E-state index contributed by atoms with van der Waals surface area (Å²) < 4.78 is 27.6. The number of sulfonamides is 1. The molecule has 8 heteroatoms. The number of benzene rings is 1. The van der Waals surface area contributed by atoms with E-state index in [0.717, 1.165) is 18.4 Å². The molecule has 0 aliphatic carbocycles. The lowest BCUT2D eigenvalue weighted by Crippen LogP contribution is -2.35. The molecule has 1 N–H and O–H groups in total. The van der Waals surface area contributed by atoms with Gasteiger partial charge < -0.3 is 5.32 Å². The van der Waals surface area contributed by atoms with Crippen LogP contribution >= 0.6 is 22.9 Å². The quantitative estimate of drug-likeness (QED) is 0.752. The van der Waals surface area contributed by atoms with Gasteiger partial charge in [0, 0.05) is 18.1 Å². The van der Waals surface area contributed by atoms with Crippen LogP contribution in [0.15, 0.2) is 39.9 Å². The molecule has 0 fully saturated rings. The summed E-state index contributed by atoms with van der Waals surface area (Å²) in [4.78, 5) is 12.3. The van der Waals surface area contributed by atoms with E-state index in [2.05, 4.69) is 5.32 Å². The molecule has 1 aliphatic heterocycles. The van der Waals surface area contributed by atoms with Crippen molar-refractivity contribution in [2.45, 2.75) is 30.9 Å². The molecule has 140 valence electrons. The van der Waals surface area contributed by atoms with Crippen LogP contribution in [0.25, 0.3) is 0 Å². The number of hydrogen-bond donors (Lipinski definition) is 1. The van der Waals surface area contributed by atoms with Crippen LogP contribution in [-0.4, -0.2) is 26.7 Å². The second-order valence-corrected chi connectivity index (χ2v) is 10.2. The largest absolute Gasteiger partial charge is 0.326 e. The maximum Gasteiger partial charge on any atom is 0.273 e. The van der Waals surface area contributed by atoms with Crippen molar-refractivity contribution in [3.8, 4) is 0 Å². The van der Waals surface area contributed by atoms with E-state index in [9.17, 15) is 13.2 Å². The Balaban J connectivity index is 1.90. The molecule has 3 rings (SSSR count). The van der Waals surface area contributed by atoms with Gasteiger partial charge in [-0.15, -0.1) is 22.9 Å². The highest BCUT2D eigenvalue weighted by atomic mass is 35.5. The van der Waals surface area contributed by atoms with Gasteiger partial charge in [-0.05, 0) is 61.9 Å². The van der Waals surface area contributed by atoms with E-state index in [4.69, 9.17) is 11.6 Å². The lowest BCUT2D eigenvalue weighted by atomic mass is 9.95. The van der Waals surface area contributed by atoms with Crippen LogP contribution in [0.1, 0.15) is 25.8 Å². The van der Waals surface area contributed by atoms with Gasteiger partial charge in [-0.2, -0.15) is 0 Å². The first-order valence-electron chi connectivity index (χ1n) is 8.32. The molecule has 0 bridgehead atoms. The van der Waals surface area contributed by atoms with Crippen LogP contribution in [0.3, 0.4) is 0 Å². The number of fused-ring (bicyclic) bond motifs is 1. The van der Waals surface area contributed by atoms with Gasteiger partial charge in [-0.3, -0.25) is 9.10 Å². The highest BCUT2D eigenvalue weighted by Crippen LogP contribution is 2.35. The third kappa shape index (κ3) is 3.61. The highest BCUT2D eigenvalue weighted by Gasteiger charge is 2.31. The molecule has 1 aliphatic rings. The van der Waals surface area contributed by atoms with Gasteiger partial charge in [0.2, 0.25) is 5.91 Å². The Labute approximate surface area is 163 Å². The van der Waals surface area contributed by atoms with E-state index in [1.165, 1.54) is 15.6 Å². The standard InChI is InChI=1S/C18H21ClN2O3S2/c1-18(2,12-19)17(22)20-14-7-8-15-13(11-14)5-3-9-21(15)26(23,24)16-6-4-10-25-16/h4,6-8,10-11H,3,5,9,12H2,1-2H3,(H,20,22). The molecule has 2 heterocycles. The van der Waals surface area contributed by atoms with Gasteiger partial charge in [-0.25, -0.2) is 8.42 Å². The molecule has 0 saturated carbocycles. The fraction of sp³-hybridized carbons (Fsp3) is 0.389. The number of anilines is 2. The number of aryl methyl sites for hydroxylation is 1. The number of carbonyl (C=O) groups excluding carboxylic acids is 1. The summed E-state index contributed by atoms with van der Waals surface area (Å²) in [5, 5.41) is 4.63. The van der Waals surface area contributed by atoms with Gasteiger partial charge in [0.1, 0.15) is 4.21 Å². The van der Waals surface area contributed by atoms with Crippen molar-refractivity contribution < 1.29 is 13.2 Å². The molecule has 5 nitrogen and oxygen atoms in total. The number of halogens is 1. The average molecular weight is 413 g/mol. The minimum atomic E-state index is -3.55. The molecule has 0 atom stereocenters. The van der Waals surface area contributed by atoms with Crippen LogP contribution in [0.2, 0.25) is 0 Å². The Morgan fingerprint density at radius 2 is 2.12 bits per heavy atom. The van der Waals surface area contributed by atoms with Crippen molar-refractivity contribution in [2.24, 2.45) is 5.41 Å². The van der Waals surface area contributed by atoms with Gasteiger partial charge in [0.25, 0.3) is 10.0 Å². The lowest BCUT2D eigenvalue weighted by molar-refractivity contribution is -0.122. The van der Waals surface area contributed by atoms with Crippen LogP contribution in [-0.2, 0) is 21.2 Å². The lowest BCUT2D eigenvalue weighted by Gasteiger charge is -2.30. The molecule has 26 heavy (non-hydrogen) atoms. The molecular formula is C18H21ClN2O3S2. The summed E-state index contributed by atoms with van der Waals surface area (Å²) in [6.07, 6.45) is 1.51. The fourth-order valence-electron chi connectivity index (χ4n) is 2.77. The molecule has 1 amide bonds. The Morgan fingerprint density at radius 3 is 2.77 bits per heavy atom. The van der Waals surface area contributed by atoms with Crippen molar-refractivity contribution in [3.63, 3.8) is 0 Å². The second-order valence-electron chi connectivity index (χ2n) is 6.93. The number of amides is 1. The number of alkyl halides is 1. The smallest absolute Gasteiger partial charge is 0.273 e. The summed E-state index contributed by atoms with van der Waals surface area (Å²) in [5.41, 5.74) is 1.57. The Morgan fingerprint density at radius 1 is 1.35 bits per heavy atom. The number of thiophene rings is 1. The predicted octanol–water partition coefficient (Wildman–Crippen LogP) is 4.09. The van der Waals surface area contributed by atoms with Crippen molar-refractivity contribution in [2.75, 3.05) is 22.0 Å². The van der Waals surface area contributed by atoms with Crippen LogP contribution < -0.4 is 9.62 Å². The minimum absolute atomic E-state index is 0.161. The maximum absolute atomic E-state index is 12.9. The van der Waals surface area contributed by atoms with Crippen molar-refractivity contribution in [3.05, 3.63) is 41.3 Å². The zero-order valence-corrected chi connectivity index (χ0v) is 17.0. The van der Waals surface area contributed by atoms with E-state index in [1.54, 1.807) is 43.5 Å². The van der Waals surface area contributed by atoms with Crippen LogP contribution in [0, 0.1) is 5.41 Å². The first-order valence-corrected chi connectivity index (χ1v) is 11.2. The molecular weight excluding hydrogens is 392 g/mol. The van der Waals surface area contributed by atoms with E-state index in [0.29, 0.717) is 22.1 Å². The summed E-state index contributed by atoms with van der Waals surface area (Å²) in [6.45, 7) is 4.02. The third-order valence-electron chi connectivity index (χ3n) is 4.40. The molecule has 0 radical (unpaired) electrons. The third-order valence-corrected chi connectivity index (χ3v) is 8.26. The zero-order chi connectivity index (χ0) is 18.9. The summed E-state index contributed by atoms with van der Waals surface area (Å²) >= 11 is 7.07. The van der Waals surface area contributed by atoms with Gasteiger partial charge in [0.15, 0.2) is 0 Å². The average Bonchev–Trinajstić information content (AvgIpc) is 3.16. The van der Waals surface area contributed by atoms with E-state index < -0.39 is 15.4 Å². The van der Waals surface area contributed by atoms with Gasteiger partial charge in [0.05, 0.1) is 11.1 Å². The van der Waals surface area contributed by atoms with Crippen LogP contribution in [0.4, 0.5) is 11.4 Å². The zero-order valence-electron chi connectivity index (χ0n) is 14.7. The van der Waals surface area contributed by atoms with Gasteiger partial charge >= 0.3 is 0 Å². The van der Waals surface area contributed by atoms with Crippen LogP contribution in [0.5, 0.6) is 0 Å². The summed E-state index contributed by atoms with van der Waals surface area (Å²) in [7, 11) is -3.55. The number of rotatable bonds is 5. The van der Waals surface area contributed by atoms with Crippen molar-refractivity contribution in [1.29, 1.82) is 0 Å². The molecule has 0 saturated heterocycles. The highest BCUT2D eigenvalue weighted by molar-refractivity contribution is 7.94. The summed E-state index contributed by atoms with van der Waals surface area (Å²) in [5.74, 6) is 0.0580. The number of hydrogen-bond acceptors (Lipinski definition) is 4. The Bertz CT molecular complexity index is 909. The van der Waals surface area contributed by atoms with Crippen molar-refractivity contribution >= 4 is 50.2 Å². The normalized spacial score (nSPS) is 14.8. The molecule has 0 spiro atoms. The first kappa shape index (κ1) is 19.2. The Hall–Kier alpha value is -1.57. The Kier molecular flexibility index (Phi) is 5.33. The molecule has 0 unspecified atom stereocenters. The summed E-state index contributed by atoms with van der Waals surface area (Å²) in [6, 6.07) is 8.72. The monoisotopic (exact) mass is 412 g/mol. The number of nitrogens with one attached hydrogen (secondary N) is 1. The topological polar surface area (TPSA) is 66.5 Å². The van der Waals surface area contributed by atoms with E-state index in [1.807, 2.05) is 6.07 Å². The van der Waals surface area contributed by atoms with E-state index >= 15 is 0 Å². The minimum Gasteiger partial charge on any atom is -0.326 e.